The molecular weight excluding hydrogens is 654 g/mol. The highest BCUT2D eigenvalue weighted by molar-refractivity contribution is 7.08. The number of amides is 2. The fourth-order valence-electron chi connectivity index (χ4n) is 5.76. The SMILES string of the molecule is COc1cc(C(=O)NC[C@@](O)(c2ccsc2)c2cc3c(c(-c4cc(F)c(F)cc4F)n2)OC[C@]3(C)C(N)=O)cc2cn(C3(F)CC3)nc12. The molecule has 1 aliphatic heterocycles. The van der Waals surface area contributed by atoms with Gasteiger partial charge >= 0.3 is 0 Å². The van der Waals surface area contributed by atoms with E-state index in [4.69, 9.17) is 15.2 Å². The van der Waals surface area contributed by atoms with Gasteiger partial charge in [0.25, 0.3) is 5.91 Å². The maximum Gasteiger partial charge on any atom is 0.251 e. The Bertz CT molecular complexity index is 2140. The molecule has 2 aromatic carbocycles. The lowest BCUT2D eigenvalue weighted by atomic mass is 9.81. The molecule has 5 aromatic rings. The molecule has 0 spiro atoms. The topological polar surface area (TPSA) is 142 Å². The standard InChI is InChI=1S/C33H27F4N5O5S/c1-31(30(38)44)15-47-28-20(31)10-25(40-27(28)19-9-22(35)23(36)11-21(19)34)33(45,18-3-6-48-13-18)14-39-29(43)16-7-17-12-42(32(37)4-5-32)41-26(17)24(8-16)46-2/h3,6-13,45H,4-5,14-15H2,1-2H3,(H2,38,44)(H,39,43)/t31-,33+/m0/s1. The van der Waals surface area contributed by atoms with E-state index >= 15 is 4.39 Å². The number of benzene rings is 2. The minimum atomic E-state index is -2.11. The number of carbonyl (C=O) groups is 2. The number of thiophene rings is 1. The number of nitrogens with one attached hydrogen (secondary N) is 1. The third-order valence-corrected chi connectivity index (χ3v) is 9.62. The van der Waals surface area contributed by atoms with Crippen LogP contribution >= 0.6 is 11.3 Å². The van der Waals surface area contributed by atoms with E-state index in [2.05, 4.69) is 15.4 Å². The fraction of sp³-hybridized carbons (Fsp3) is 0.273. The highest BCUT2D eigenvalue weighted by atomic mass is 32.1. The summed E-state index contributed by atoms with van der Waals surface area (Å²) >= 11 is 1.24. The minimum absolute atomic E-state index is 0.0936. The maximum atomic E-state index is 15.2. The van der Waals surface area contributed by atoms with E-state index in [-0.39, 0.29) is 46.2 Å². The van der Waals surface area contributed by atoms with Gasteiger partial charge in [0, 0.05) is 52.7 Å². The Morgan fingerprint density at radius 1 is 1.17 bits per heavy atom. The third kappa shape index (κ3) is 4.95. The van der Waals surface area contributed by atoms with Crippen LogP contribution in [0.2, 0.25) is 0 Å². The number of carbonyl (C=O) groups excluding carboxylic acids is 2. The van der Waals surface area contributed by atoms with Gasteiger partial charge in [-0.2, -0.15) is 16.4 Å². The number of aliphatic hydroxyl groups is 1. The number of methoxy groups -OCH3 is 1. The first kappa shape index (κ1) is 31.6. The summed E-state index contributed by atoms with van der Waals surface area (Å²) in [7, 11) is 1.39. The molecule has 10 nitrogen and oxygen atoms in total. The molecule has 0 unspecified atom stereocenters. The molecule has 4 heterocycles. The van der Waals surface area contributed by atoms with E-state index in [1.54, 1.807) is 16.8 Å². The lowest BCUT2D eigenvalue weighted by Crippen LogP contribution is -2.43. The van der Waals surface area contributed by atoms with Crippen LogP contribution in [0, 0.1) is 17.5 Å². The quantitative estimate of drug-likeness (QED) is 0.150. The number of fused-ring (bicyclic) bond motifs is 2. The van der Waals surface area contributed by atoms with Gasteiger partial charge < -0.3 is 25.6 Å². The highest BCUT2D eigenvalue weighted by Crippen LogP contribution is 2.47. The van der Waals surface area contributed by atoms with Crippen LogP contribution in [0.4, 0.5) is 17.6 Å². The fourth-order valence-corrected chi connectivity index (χ4v) is 6.49. The normalized spacial score (nSPS) is 19.0. The summed E-state index contributed by atoms with van der Waals surface area (Å²) < 4.78 is 70.6. The molecule has 0 radical (unpaired) electrons. The average Bonchev–Trinajstić information content (AvgIpc) is 3.45. The van der Waals surface area contributed by atoms with Gasteiger partial charge in [-0.1, -0.05) is 0 Å². The van der Waals surface area contributed by atoms with Crippen molar-refractivity contribution in [3.63, 3.8) is 0 Å². The number of primary amides is 1. The molecule has 15 heteroatoms. The van der Waals surface area contributed by atoms with Gasteiger partial charge in [0.15, 0.2) is 11.6 Å². The van der Waals surface area contributed by atoms with E-state index in [1.807, 2.05) is 0 Å². The Balaban J connectivity index is 1.32. The van der Waals surface area contributed by atoms with E-state index in [0.717, 1.165) is 0 Å². The van der Waals surface area contributed by atoms with Gasteiger partial charge in [-0.25, -0.2) is 27.2 Å². The minimum Gasteiger partial charge on any atom is -0.494 e. The zero-order valence-electron chi connectivity index (χ0n) is 25.4. The first-order chi connectivity index (χ1) is 22.8. The smallest absolute Gasteiger partial charge is 0.251 e. The summed E-state index contributed by atoms with van der Waals surface area (Å²) in [6.45, 7) is 0.732. The first-order valence-electron chi connectivity index (χ1n) is 14.7. The summed E-state index contributed by atoms with van der Waals surface area (Å²) in [4.78, 5) is 30.7. The van der Waals surface area contributed by atoms with Crippen molar-refractivity contribution < 1.29 is 41.7 Å². The second-order valence-electron chi connectivity index (χ2n) is 12.1. The van der Waals surface area contributed by atoms with E-state index in [9.17, 15) is 27.9 Å². The van der Waals surface area contributed by atoms with Crippen molar-refractivity contribution in [1.82, 2.24) is 20.1 Å². The van der Waals surface area contributed by atoms with Crippen LogP contribution in [0.1, 0.15) is 46.9 Å². The summed E-state index contributed by atoms with van der Waals surface area (Å²) in [5.74, 6) is -6.83. The van der Waals surface area contributed by atoms with Gasteiger partial charge in [-0.15, -0.1) is 0 Å². The Morgan fingerprint density at radius 3 is 2.58 bits per heavy atom. The number of rotatable bonds is 9. The molecule has 2 atom stereocenters. The molecule has 7 rings (SSSR count). The number of aromatic nitrogens is 3. The molecule has 2 amide bonds. The second-order valence-corrected chi connectivity index (χ2v) is 12.9. The van der Waals surface area contributed by atoms with E-state index in [0.29, 0.717) is 35.9 Å². The lowest BCUT2D eigenvalue weighted by molar-refractivity contribution is -0.123. The van der Waals surface area contributed by atoms with Gasteiger partial charge in [0.1, 0.15) is 46.1 Å². The van der Waals surface area contributed by atoms with E-state index < -0.39 is 58.2 Å². The van der Waals surface area contributed by atoms with Crippen molar-refractivity contribution in [2.24, 2.45) is 5.73 Å². The predicted molar refractivity (Wildman–Crippen MR) is 166 cm³/mol. The molecule has 4 N–H and O–H groups in total. The molecule has 1 fully saturated rings. The van der Waals surface area contributed by atoms with Crippen LogP contribution in [-0.4, -0.2) is 51.9 Å². The predicted octanol–water partition coefficient (Wildman–Crippen LogP) is 4.80. The molecule has 1 saturated carbocycles. The monoisotopic (exact) mass is 681 g/mol. The zero-order chi connectivity index (χ0) is 34.2. The van der Waals surface area contributed by atoms with Crippen LogP contribution in [0.25, 0.3) is 22.2 Å². The number of ether oxygens (including phenoxy) is 2. The van der Waals surface area contributed by atoms with Crippen molar-refractivity contribution in [2.45, 2.75) is 36.6 Å². The molecule has 248 valence electrons. The Morgan fingerprint density at radius 2 is 1.92 bits per heavy atom. The Kier molecular flexibility index (Phi) is 7.25. The summed E-state index contributed by atoms with van der Waals surface area (Å²) in [6.07, 6.45) is 2.14. The zero-order valence-corrected chi connectivity index (χ0v) is 26.3. The summed E-state index contributed by atoms with van der Waals surface area (Å²) in [5, 5.41) is 23.1. The summed E-state index contributed by atoms with van der Waals surface area (Å²) in [6, 6.07) is 6.86. The maximum absolute atomic E-state index is 15.2. The number of hydrogen-bond acceptors (Lipinski definition) is 8. The van der Waals surface area contributed by atoms with Crippen LogP contribution in [0.5, 0.6) is 11.5 Å². The van der Waals surface area contributed by atoms with Crippen LogP contribution < -0.4 is 20.5 Å². The van der Waals surface area contributed by atoms with Crippen LogP contribution in [-0.2, 0) is 21.6 Å². The molecule has 2 aliphatic rings. The van der Waals surface area contributed by atoms with Crippen LogP contribution in [0.3, 0.4) is 0 Å². The number of nitrogens with zero attached hydrogens (tertiary/aromatic N) is 3. The molecule has 1 aliphatic carbocycles. The molecule has 0 bridgehead atoms. The number of hydrogen-bond donors (Lipinski definition) is 3. The molecule has 0 saturated heterocycles. The first-order valence-corrected chi connectivity index (χ1v) is 15.7. The average molecular weight is 682 g/mol. The Labute approximate surface area is 274 Å². The van der Waals surface area contributed by atoms with Gasteiger partial charge in [0.2, 0.25) is 11.7 Å². The second kappa shape index (κ2) is 11.0. The molecule has 48 heavy (non-hydrogen) atoms. The lowest BCUT2D eigenvalue weighted by Gasteiger charge is -2.29. The van der Waals surface area contributed by atoms with Gasteiger partial charge in [-0.3, -0.25) is 9.59 Å². The van der Waals surface area contributed by atoms with Crippen LogP contribution in [0.15, 0.2) is 53.4 Å². The molecular formula is C33H27F4N5O5S. The number of pyridine rings is 1. The van der Waals surface area contributed by atoms with Crippen molar-refractivity contribution in [2.75, 3.05) is 20.3 Å². The van der Waals surface area contributed by atoms with Crippen molar-refractivity contribution in [1.29, 1.82) is 0 Å². The largest absolute Gasteiger partial charge is 0.494 e. The Hall–Kier alpha value is -5.02. The number of halogens is 4. The molecule has 3 aromatic heterocycles. The van der Waals surface area contributed by atoms with E-state index in [1.165, 1.54) is 54.4 Å². The number of nitrogens with two attached hydrogens (primary N) is 1. The van der Waals surface area contributed by atoms with Crippen molar-refractivity contribution in [3.05, 3.63) is 93.2 Å². The third-order valence-electron chi connectivity index (χ3n) is 8.94. The van der Waals surface area contributed by atoms with Gasteiger partial charge in [-0.05, 0) is 48.0 Å². The summed E-state index contributed by atoms with van der Waals surface area (Å²) in [5.41, 5.74) is 2.11. The number of alkyl halides is 1. The van der Waals surface area contributed by atoms with Crippen molar-refractivity contribution >= 4 is 34.1 Å². The highest BCUT2D eigenvalue weighted by Gasteiger charge is 2.47. The van der Waals surface area contributed by atoms with Crippen molar-refractivity contribution in [3.8, 4) is 22.8 Å². The van der Waals surface area contributed by atoms with Gasteiger partial charge in [0.05, 0.1) is 19.3 Å².